The highest BCUT2D eigenvalue weighted by Gasteiger charge is 2.01. The molecule has 0 aromatic carbocycles. The van der Waals surface area contributed by atoms with E-state index in [4.69, 9.17) is 5.73 Å². The number of carbonyl (C=O) groups excluding carboxylic acids is 2. The van der Waals surface area contributed by atoms with Gasteiger partial charge in [0.25, 0.3) is 0 Å². The molecule has 0 atom stereocenters. The van der Waals surface area contributed by atoms with Crippen LogP contribution in [0.1, 0.15) is 6.42 Å². The van der Waals surface area contributed by atoms with Gasteiger partial charge in [0.15, 0.2) is 0 Å². The minimum absolute atomic E-state index is 0.333. The fourth-order valence-corrected chi connectivity index (χ4v) is 0.546. The van der Waals surface area contributed by atoms with Gasteiger partial charge in [0.1, 0.15) is 6.17 Å². The van der Waals surface area contributed by atoms with Gasteiger partial charge in [-0.25, -0.2) is 0 Å². The van der Waals surface area contributed by atoms with E-state index in [2.05, 4.69) is 10.6 Å². The lowest BCUT2D eigenvalue weighted by Crippen LogP contribution is -2.42. The van der Waals surface area contributed by atoms with E-state index < -0.39 is 0 Å². The topological polar surface area (TPSA) is 84.2 Å². The molecule has 0 aromatic rings. The van der Waals surface area contributed by atoms with E-state index >= 15 is 0 Å². The quantitative estimate of drug-likeness (QED) is 0.303. The minimum atomic E-state index is -0.333. The fraction of sp³-hybridized carbons (Fsp3) is 0.600. The summed E-state index contributed by atoms with van der Waals surface area (Å²) in [7, 11) is 0. The lowest BCUT2D eigenvalue weighted by Gasteiger charge is -2.12. The predicted octanol–water partition coefficient (Wildman–Crippen LogP) is -1.85. The summed E-state index contributed by atoms with van der Waals surface area (Å²) < 4.78 is 0. The summed E-state index contributed by atoms with van der Waals surface area (Å²) in [6.07, 6.45) is 1.26. The summed E-state index contributed by atoms with van der Waals surface area (Å²) in [5.41, 5.74) is 5.18. The molecule has 2 amide bonds. The number of amides is 2. The standard InChI is InChI=1S/C5H11N3O2/c6-2-1-5(7-3-9)8-4-10/h3-5H,1-2,6H2,(H,7,9)(H,8,10). The Bertz CT molecular complexity index is 97.1. The third-order valence-corrected chi connectivity index (χ3v) is 0.994. The molecule has 0 aliphatic rings. The van der Waals surface area contributed by atoms with Crippen LogP contribution in [0.25, 0.3) is 0 Å². The summed E-state index contributed by atoms with van der Waals surface area (Å²) in [5, 5.41) is 4.76. The van der Waals surface area contributed by atoms with Crippen LogP contribution in [0.3, 0.4) is 0 Å². The Morgan fingerprint density at radius 3 is 2.10 bits per heavy atom. The number of nitrogens with two attached hydrogens (primary N) is 1. The van der Waals surface area contributed by atoms with Crippen molar-refractivity contribution in [3.05, 3.63) is 0 Å². The Labute approximate surface area is 59.0 Å². The van der Waals surface area contributed by atoms with Crippen LogP contribution in [-0.4, -0.2) is 25.5 Å². The van der Waals surface area contributed by atoms with Crippen LogP contribution in [0.2, 0.25) is 0 Å². The first-order chi connectivity index (χ1) is 4.85. The Balaban J connectivity index is 3.48. The molecule has 5 heteroatoms. The van der Waals surface area contributed by atoms with Crippen molar-refractivity contribution in [2.75, 3.05) is 6.54 Å². The molecule has 0 saturated heterocycles. The highest BCUT2D eigenvalue weighted by Crippen LogP contribution is 1.79. The van der Waals surface area contributed by atoms with Gasteiger partial charge in [0.2, 0.25) is 12.8 Å². The summed E-state index contributed by atoms with van der Waals surface area (Å²) in [6, 6.07) is 0. The molecule has 0 spiro atoms. The van der Waals surface area contributed by atoms with Gasteiger partial charge >= 0.3 is 0 Å². The van der Waals surface area contributed by atoms with Gasteiger partial charge in [-0.15, -0.1) is 0 Å². The highest BCUT2D eigenvalue weighted by atomic mass is 16.1. The second-order valence-electron chi connectivity index (χ2n) is 1.70. The van der Waals surface area contributed by atoms with Crippen molar-refractivity contribution in [2.24, 2.45) is 5.73 Å². The summed E-state index contributed by atoms with van der Waals surface area (Å²) in [5.74, 6) is 0. The molecule has 58 valence electrons. The molecule has 0 rings (SSSR count). The Kier molecular flexibility index (Phi) is 5.36. The average Bonchev–Trinajstić information content (AvgIpc) is 1.90. The van der Waals surface area contributed by atoms with Crippen molar-refractivity contribution in [3.8, 4) is 0 Å². The SMILES string of the molecule is NCCC(NC=O)NC=O. The maximum atomic E-state index is 9.86. The third kappa shape index (κ3) is 3.85. The Morgan fingerprint density at radius 1 is 1.30 bits per heavy atom. The van der Waals surface area contributed by atoms with Crippen LogP contribution >= 0.6 is 0 Å². The molecule has 0 heterocycles. The Morgan fingerprint density at radius 2 is 1.80 bits per heavy atom. The second kappa shape index (κ2) is 6.03. The van der Waals surface area contributed by atoms with Crippen molar-refractivity contribution in [3.63, 3.8) is 0 Å². The molecular weight excluding hydrogens is 134 g/mol. The maximum absolute atomic E-state index is 9.86. The van der Waals surface area contributed by atoms with E-state index in [-0.39, 0.29) is 6.17 Å². The third-order valence-electron chi connectivity index (χ3n) is 0.994. The summed E-state index contributed by atoms with van der Waals surface area (Å²) >= 11 is 0. The largest absolute Gasteiger partial charge is 0.339 e. The minimum Gasteiger partial charge on any atom is -0.339 e. The molecule has 10 heavy (non-hydrogen) atoms. The zero-order valence-corrected chi connectivity index (χ0v) is 5.54. The van der Waals surface area contributed by atoms with E-state index in [1.165, 1.54) is 0 Å². The number of hydrogen-bond donors (Lipinski definition) is 3. The smallest absolute Gasteiger partial charge is 0.208 e. The molecule has 0 radical (unpaired) electrons. The highest BCUT2D eigenvalue weighted by molar-refractivity contribution is 5.50. The summed E-state index contributed by atoms with van der Waals surface area (Å²) in [4.78, 5) is 19.7. The molecule has 0 aromatic heterocycles. The van der Waals surface area contributed by atoms with Gasteiger partial charge in [-0.05, 0) is 13.0 Å². The lowest BCUT2D eigenvalue weighted by atomic mass is 10.3. The van der Waals surface area contributed by atoms with Gasteiger partial charge in [0.05, 0.1) is 0 Å². The zero-order chi connectivity index (χ0) is 7.82. The van der Waals surface area contributed by atoms with Crippen molar-refractivity contribution >= 4 is 12.8 Å². The molecule has 0 unspecified atom stereocenters. The number of rotatable bonds is 6. The van der Waals surface area contributed by atoms with E-state index in [9.17, 15) is 9.59 Å². The van der Waals surface area contributed by atoms with Gasteiger partial charge in [-0.3, -0.25) is 9.59 Å². The molecule has 0 aliphatic carbocycles. The van der Waals surface area contributed by atoms with Crippen molar-refractivity contribution in [1.82, 2.24) is 10.6 Å². The summed E-state index contributed by atoms with van der Waals surface area (Å²) in [6.45, 7) is 0.423. The molecule has 0 saturated carbocycles. The van der Waals surface area contributed by atoms with Gasteiger partial charge in [0, 0.05) is 0 Å². The van der Waals surface area contributed by atoms with Gasteiger partial charge in [-0.2, -0.15) is 0 Å². The van der Waals surface area contributed by atoms with Crippen LogP contribution in [0.5, 0.6) is 0 Å². The van der Waals surface area contributed by atoms with Crippen LogP contribution in [0.15, 0.2) is 0 Å². The molecule has 0 aliphatic heterocycles. The molecule has 5 nitrogen and oxygen atoms in total. The number of hydrogen-bond acceptors (Lipinski definition) is 3. The second-order valence-corrected chi connectivity index (χ2v) is 1.70. The van der Waals surface area contributed by atoms with E-state index in [0.717, 1.165) is 0 Å². The van der Waals surface area contributed by atoms with Crippen LogP contribution in [-0.2, 0) is 9.59 Å². The van der Waals surface area contributed by atoms with Crippen LogP contribution in [0.4, 0.5) is 0 Å². The zero-order valence-electron chi connectivity index (χ0n) is 5.54. The Hall–Kier alpha value is -1.10. The molecular formula is C5H11N3O2. The lowest BCUT2D eigenvalue weighted by molar-refractivity contribution is -0.112. The first kappa shape index (κ1) is 8.90. The normalized spacial score (nSPS) is 9.00. The van der Waals surface area contributed by atoms with E-state index in [1.807, 2.05) is 0 Å². The fourth-order valence-electron chi connectivity index (χ4n) is 0.546. The molecule has 0 bridgehead atoms. The van der Waals surface area contributed by atoms with Gasteiger partial charge in [-0.1, -0.05) is 0 Å². The van der Waals surface area contributed by atoms with Crippen molar-refractivity contribution < 1.29 is 9.59 Å². The van der Waals surface area contributed by atoms with E-state index in [0.29, 0.717) is 25.8 Å². The van der Waals surface area contributed by atoms with E-state index in [1.54, 1.807) is 0 Å². The molecule has 4 N–H and O–H groups in total. The molecule has 0 fully saturated rings. The maximum Gasteiger partial charge on any atom is 0.208 e. The van der Waals surface area contributed by atoms with Crippen LogP contribution < -0.4 is 16.4 Å². The first-order valence-corrected chi connectivity index (χ1v) is 2.94. The van der Waals surface area contributed by atoms with Crippen LogP contribution in [0, 0.1) is 0 Å². The van der Waals surface area contributed by atoms with Gasteiger partial charge < -0.3 is 16.4 Å². The van der Waals surface area contributed by atoms with Crippen molar-refractivity contribution in [1.29, 1.82) is 0 Å². The first-order valence-electron chi connectivity index (χ1n) is 2.94. The number of nitrogens with one attached hydrogen (secondary N) is 2. The van der Waals surface area contributed by atoms with Crippen molar-refractivity contribution in [2.45, 2.75) is 12.6 Å². The number of carbonyl (C=O) groups is 2. The average molecular weight is 145 g/mol. The monoisotopic (exact) mass is 145 g/mol. The predicted molar refractivity (Wildman–Crippen MR) is 35.9 cm³/mol.